The minimum Gasteiger partial charge on any atom is -0.354 e. The first-order valence-electron chi connectivity index (χ1n) is 12.3. The number of nitrogens with one attached hydrogen (secondary N) is 1. The minimum atomic E-state index is -0.610. The number of halogens is 1. The fourth-order valence-corrected chi connectivity index (χ4v) is 5.01. The Morgan fingerprint density at radius 1 is 0.917 bits per heavy atom. The summed E-state index contributed by atoms with van der Waals surface area (Å²) in [5.41, 5.74) is 4.17. The van der Waals surface area contributed by atoms with E-state index in [0.717, 1.165) is 22.3 Å². The van der Waals surface area contributed by atoms with E-state index >= 15 is 0 Å². The summed E-state index contributed by atoms with van der Waals surface area (Å²) in [5, 5.41) is 3.76. The molecule has 1 unspecified atom stereocenters. The molecule has 0 aliphatic rings. The number of carbonyl (C=O) groups excluding carboxylic acids is 2. The molecule has 3 aromatic rings. The molecule has 1 N–H and O–H groups in total. The zero-order chi connectivity index (χ0) is 25.9. The molecule has 2 amide bonds. The molecule has 190 valence electrons. The largest absolute Gasteiger partial charge is 0.354 e. The van der Waals surface area contributed by atoms with Gasteiger partial charge in [0.1, 0.15) is 6.04 Å². The summed E-state index contributed by atoms with van der Waals surface area (Å²) < 4.78 is 0. The summed E-state index contributed by atoms with van der Waals surface area (Å²) >= 11 is 7.82. The van der Waals surface area contributed by atoms with E-state index in [1.807, 2.05) is 85.8 Å². The van der Waals surface area contributed by atoms with E-state index in [-0.39, 0.29) is 17.6 Å². The van der Waals surface area contributed by atoms with Gasteiger partial charge in [0.15, 0.2) is 0 Å². The van der Waals surface area contributed by atoms with E-state index in [2.05, 4.69) is 19.2 Å². The Balaban J connectivity index is 1.84. The van der Waals surface area contributed by atoms with Crippen LogP contribution in [0, 0.1) is 12.8 Å². The molecule has 0 aliphatic carbocycles. The smallest absolute Gasteiger partial charge is 0.243 e. The first-order chi connectivity index (χ1) is 17.3. The maximum atomic E-state index is 13.7. The number of amides is 2. The van der Waals surface area contributed by atoms with Crippen molar-refractivity contribution in [3.63, 3.8) is 0 Å². The highest BCUT2D eigenvalue weighted by Crippen LogP contribution is 2.22. The molecule has 0 bridgehead atoms. The van der Waals surface area contributed by atoms with Crippen LogP contribution in [0.25, 0.3) is 0 Å². The van der Waals surface area contributed by atoms with Crippen molar-refractivity contribution in [2.45, 2.75) is 45.5 Å². The Bertz CT molecular complexity index is 1120. The van der Waals surface area contributed by atoms with Gasteiger partial charge in [0.25, 0.3) is 0 Å². The van der Waals surface area contributed by atoms with Crippen LogP contribution >= 0.6 is 23.4 Å². The van der Waals surface area contributed by atoms with Crippen LogP contribution in [-0.4, -0.2) is 35.1 Å². The SMILES string of the molecule is Cc1ccc(CN(C(=O)CSCc2ccccc2Cl)C(Cc2ccccc2)C(=O)NCC(C)C)cc1. The summed E-state index contributed by atoms with van der Waals surface area (Å²) in [6.45, 7) is 7.10. The number of rotatable bonds is 12. The van der Waals surface area contributed by atoms with Crippen molar-refractivity contribution in [3.8, 4) is 0 Å². The predicted octanol–water partition coefficient (Wildman–Crippen LogP) is 6.29. The van der Waals surface area contributed by atoms with Crippen LogP contribution in [0.4, 0.5) is 0 Å². The van der Waals surface area contributed by atoms with Gasteiger partial charge in [-0.05, 0) is 35.6 Å². The van der Waals surface area contributed by atoms with Crippen LogP contribution < -0.4 is 5.32 Å². The van der Waals surface area contributed by atoms with Crippen LogP contribution in [0.1, 0.15) is 36.1 Å². The van der Waals surface area contributed by atoms with Gasteiger partial charge in [0.05, 0.1) is 5.75 Å². The van der Waals surface area contributed by atoms with Gasteiger partial charge in [-0.2, -0.15) is 0 Å². The highest BCUT2D eigenvalue weighted by molar-refractivity contribution is 7.99. The van der Waals surface area contributed by atoms with Crippen LogP contribution in [0.15, 0.2) is 78.9 Å². The number of thioether (sulfide) groups is 1. The van der Waals surface area contributed by atoms with E-state index < -0.39 is 6.04 Å². The molecular weight excluding hydrogens is 488 g/mol. The molecule has 0 aliphatic heterocycles. The molecule has 36 heavy (non-hydrogen) atoms. The first kappa shape index (κ1) is 27.8. The molecule has 0 spiro atoms. The molecule has 0 radical (unpaired) electrons. The van der Waals surface area contributed by atoms with Crippen molar-refractivity contribution < 1.29 is 9.59 Å². The lowest BCUT2D eigenvalue weighted by molar-refractivity contribution is -0.139. The molecule has 0 heterocycles. The van der Waals surface area contributed by atoms with E-state index in [9.17, 15) is 9.59 Å². The summed E-state index contributed by atoms with van der Waals surface area (Å²) in [6.07, 6.45) is 0.456. The molecule has 0 fully saturated rings. The van der Waals surface area contributed by atoms with E-state index in [4.69, 9.17) is 11.6 Å². The molecule has 4 nitrogen and oxygen atoms in total. The molecule has 0 saturated heterocycles. The van der Waals surface area contributed by atoms with Crippen LogP contribution in [0.3, 0.4) is 0 Å². The van der Waals surface area contributed by atoms with Gasteiger partial charge in [-0.25, -0.2) is 0 Å². The van der Waals surface area contributed by atoms with Crippen molar-refractivity contribution in [1.29, 1.82) is 0 Å². The zero-order valence-electron chi connectivity index (χ0n) is 21.2. The lowest BCUT2D eigenvalue weighted by atomic mass is 10.0. The minimum absolute atomic E-state index is 0.0618. The number of hydrogen-bond donors (Lipinski definition) is 1. The molecule has 3 aromatic carbocycles. The highest BCUT2D eigenvalue weighted by Gasteiger charge is 2.30. The summed E-state index contributed by atoms with van der Waals surface area (Å²) in [4.78, 5) is 28.9. The van der Waals surface area contributed by atoms with Gasteiger partial charge in [-0.1, -0.05) is 104 Å². The number of aryl methyl sites for hydroxylation is 1. The third-order valence-electron chi connectivity index (χ3n) is 5.87. The maximum absolute atomic E-state index is 13.7. The lowest BCUT2D eigenvalue weighted by Gasteiger charge is -2.32. The van der Waals surface area contributed by atoms with Crippen molar-refractivity contribution in [2.75, 3.05) is 12.3 Å². The third-order valence-corrected chi connectivity index (χ3v) is 7.21. The van der Waals surface area contributed by atoms with Gasteiger partial charge < -0.3 is 10.2 Å². The molecule has 6 heteroatoms. The normalized spacial score (nSPS) is 11.8. The second-order valence-corrected chi connectivity index (χ2v) is 10.8. The quantitative estimate of drug-likeness (QED) is 0.304. The number of benzene rings is 3. The fourth-order valence-electron chi connectivity index (χ4n) is 3.81. The average molecular weight is 523 g/mol. The second-order valence-electron chi connectivity index (χ2n) is 9.44. The molecular formula is C30H35ClN2O2S. The van der Waals surface area contributed by atoms with E-state index in [1.54, 1.807) is 4.90 Å². The lowest BCUT2D eigenvalue weighted by Crippen LogP contribution is -2.51. The van der Waals surface area contributed by atoms with Gasteiger partial charge in [0.2, 0.25) is 11.8 Å². The van der Waals surface area contributed by atoms with E-state index in [0.29, 0.717) is 36.2 Å². The van der Waals surface area contributed by atoms with Crippen LogP contribution in [0.2, 0.25) is 5.02 Å². The van der Waals surface area contributed by atoms with Crippen molar-refractivity contribution >= 4 is 35.2 Å². The van der Waals surface area contributed by atoms with Crippen LogP contribution in [0.5, 0.6) is 0 Å². The average Bonchev–Trinajstić information content (AvgIpc) is 2.87. The summed E-state index contributed by atoms with van der Waals surface area (Å²) in [6, 6.07) is 25.1. The Labute approximate surface area is 224 Å². The zero-order valence-corrected chi connectivity index (χ0v) is 22.8. The maximum Gasteiger partial charge on any atom is 0.243 e. The van der Waals surface area contributed by atoms with Gasteiger partial charge in [-0.3, -0.25) is 9.59 Å². The fraction of sp³-hybridized carbons (Fsp3) is 0.333. The Morgan fingerprint density at radius 3 is 2.25 bits per heavy atom. The number of carbonyl (C=O) groups is 2. The van der Waals surface area contributed by atoms with Crippen molar-refractivity contribution in [2.24, 2.45) is 5.92 Å². The summed E-state index contributed by atoms with van der Waals surface area (Å²) in [7, 11) is 0. The Kier molecular flexibility index (Phi) is 10.9. The number of nitrogens with zero attached hydrogens (tertiary/aromatic N) is 1. The Hall–Kier alpha value is -2.76. The van der Waals surface area contributed by atoms with Crippen molar-refractivity contribution in [3.05, 3.63) is 106 Å². The Morgan fingerprint density at radius 2 is 1.58 bits per heavy atom. The topological polar surface area (TPSA) is 49.4 Å². The third kappa shape index (κ3) is 8.72. The van der Waals surface area contributed by atoms with Gasteiger partial charge in [-0.15, -0.1) is 11.8 Å². The van der Waals surface area contributed by atoms with Gasteiger partial charge >= 0.3 is 0 Å². The monoisotopic (exact) mass is 522 g/mol. The first-order valence-corrected chi connectivity index (χ1v) is 13.8. The summed E-state index contributed by atoms with van der Waals surface area (Å²) in [5.74, 6) is 1.03. The molecule has 1 atom stereocenters. The second kappa shape index (κ2) is 14.1. The highest BCUT2D eigenvalue weighted by atomic mass is 35.5. The molecule has 3 rings (SSSR count). The van der Waals surface area contributed by atoms with E-state index in [1.165, 1.54) is 11.8 Å². The molecule has 0 saturated carbocycles. The van der Waals surface area contributed by atoms with Crippen molar-refractivity contribution in [1.82, 2.24) is 10.2 Å². The number of hydrogen-bond acceptors (Lipinski definition) is 3. The van der Waals surface area contributed by atoms with Gasteiger partial charge in [0, 0.05) is 30.3 Å². The predicted molar refractivity (Wildman–Crippen MR) is 151 cm³/mol. The standard InChI is InChI=1S/C30H35ClN2O2S/c1-22(2)18-32-30(35)28(17-24-9-5-4-6-10-24)33(19-25-15-13-23(3)14-16-25)29(34)21-36-20-26-11-7-8-12-27(26)31/h4-16,22,28H,17-21H2,1-3H3,(H,32,35). The van der Waals surface area contributed by atoms with Crippen LogP contribution in [-0.2, 0) is 28.3 Å². The molecule has 0 aromatic heterocycles.